The fraction of sp³-hybridized carbons (Fsp3) is 0.812. The van der Waals surface area contributed by atoms with Crippen molar-refractivity contribution in [3.05, 3.63) is 12.2 Å². The third-order valence-corrected chi connectivity index (χ3v) is 3.26. The molecule has 1 aliphatic rings. The first-order valence-corrected chi connectivity index (χ1v) is 7.60. The van der Waals surface area contributed by atoms with Crippen molar-refractivity contribution in [1.82, 2.24) is 4.90 Å². The largest absolute Gasteiger partial charge is 0.444 e. The van der Waals surface area contributed by atoms with Gasteiger partial charge in [-0.15, -0.1) is 0 Å². The van der Waals surface area contributed by atoms with Crippen molar-refractivity contribution in [3.63, 3.8) is 0 Å². The Morgan fingerprint density at radius 2 is 2.11 bits per heavy atom. The summed E-state index contributed by atoms with van der Waals surface area (Å²) in [5.74, 6) is 0. The van der Waals surface area contributed by atoms with E-state index in [1.54, 1.807) is 0 Å². The van der Waals surface area contributed by atoms with E-state index in [1.165, 1.54) is 19.3 Å². The first-order valence-electron chi connectivity index (χ1n) is 7.60. The summed E-state index contributed by atoms with van der Waals surface area (Å²) in [7, 11) is 0. The molecule has 110 valence electrons. The molecule has 3 nitrogen and oxygen atoms in total. The molecule has 1 unspecified atom stereocenters. The van der Waals surface area contributed by atoms with Crippen LogP contribution in [0.4, 0.5) is 4.79 Å². The van der Waals surface area contributed by atoms with Crippen LogP contribution >= 0.6 is 0 Å². The number of hydrogen-bond donors (Lipinski definition) is 0. The molecular formula is C16H29NO2. The Kier molecular flexibility index (Phi) is 6.40. The molecule has 0 saturated carbocycles. The fourth-order valence-corrected chi connectivity index (χ4v) is 2.28. The normalized spacial score (nSPS) is 20.8. The van der Waals surface area contributed by atoms with Gasteiger partial charge in [0.25, 0.3) is 0 Å². The quantitative estimate of drug-likeness (QED) is 0.553. The van der Waals surface area contributed by atoms with Gasteiger partial charge in [-0.2, -0.15) is 0 Å². The number of carbonyl (C=O) groups is 1. The van der Waals surface area contributed by atoms with Crippen LogP contribution in [0.5, 0.6) is 0 Å². The van der Waals surface area contributed by atoms with Crippen LogP contribution in [-0.4, -0.2) is 29.2 Å². The first kappa shape index (κ1) is 16.1. The van der Waals surface area contributed by atoms with Crippen LogP contribution in [-0.2, 0) is 4.74 Å². The summed E-state index contributed by atoms with van der Waals surface area (Å²) in [6.45, 7) is 8.77. The molecule has 0 radical (unpaired) electrons. The number of carbonyl (C=O) groups excluding carboxylic acids is 1. The van der Waals surface area contributed by atoms with Gasteiger partial charge in [0, 0.05) is 6.54 Å². The fourth-order valence-electron chi connectivity index (χ4n) is 2.28. The monoisotopic (exact) mass is 267 g/mol. The SMILES string of the molecule is CCCC/C=C/C1CCCCN1C(=O)OC(C)(C)C. The highest BCUT2D eigenvalue weighted by molar-refractivity contribution is 5.69. The summed E-state index contributed by atoms with van der Waals surface area (Å²) >= 11 is 0. The average molecular weight is 267 g/mol. The van der Waals surface area contributed by atoms with Crippen molar-refractivity contribution in [2.45, 2.75) is 77.9 Å². The maximum atomic E-state index is 12.2. The Balaban J connectivity index is 2.56. The molecule has 1 amide bonds. The van der Waals surface area contributed by atoms with Crippen LogP contribution < -0.4 is 0 Å². The number of nitrogens with zero attached hydrogens (tertiary/aromatic N) is 1. The van der Waals surface area contributed by atoms with Crippen LogP contribution in [0.1, 0.15) is 66.2 Å². The number of piperidine rings is 1. The van der Waals surface area contributed by atoms with Gasteiger partial charge >= 0.3 is 6.09 Å². The minimum Gasteiger partial charge on any atom is -0.444 e. The molecule has 1 fully saturated rings. The van der Waals surface area contributed by atoms with Crippen LogP contribution in [0.15, 0.2) is 12.2 Å². The van der Waals surface area contributed by atoms with E-state index in [0.717, 1.165) is 25.8 Å². The highest BCUT2D eigenvalue weighted by Crippen LogP contribution is 2.21. The van der Waals surface area contributed by atoms with Crippen molar-refractivity contribution < 1.29 is 9.53 Å². The minimum atomic E-state index is -0.412. The lowest BCUT2D eigenvalue weighted by molar-refractivity contribution is 0.0149. The van der Waals surface area contributed by atoms with Crippen molar-refractivity contribution in [2.75, 3.05) is 6.54 Å². The Hall–Kier alpha value is -0.990. The lowest BCUT2D eigenvalue weighted by Crippen LogP contribution is -2.45. The average Bonchev–Trinajstić information content (AvgIpc) is 2.33. The predicted octanol–water partition coefficient (Wildman–Crippen LogP) is 4.52. The number of hydrogen-bond acceptors (Lipinski definition) is 2. The zero-order valence-electron chi connectivity index (χ0n) is 12.9. The second-order valence-corrected chi connectivity index (χ2v) is 6.31. The minimum absolute atomic E-state index is 0.169. The zero-order valence-corrected chi connectivity index (χ0v) is 12.9. The van der Waals surface area contributed by atoms with E-state index in [4.69, 9.17) is 4.74 Å². The summed E-state index contributed by atoms with van der Waals surface area (Å²) < 4.78 is 5.49. The second kappa shape index (κ2) is 7.56. The summed E-state index contributed by atoms with van der Waals surface area (Å²) in [6.07, 6.45) is 11.1. The van der Waals surface area contributed by atoms with E-state index < -0.39 is 5.60 Å². The van der Waals surface area contributed by atoms with E-state index in [0.29, 0.717) is 0 Å². The Labute approximate surface area is 118 Å². The Morgan fingerprint density at radius 1 is 1.37 bits per heavy atom. The van der Waals surface area contributed by atoms with Gasteiger partial charge in [-0.1, -0.05) is 31.9 Å². The highest BCUT2D eigenvalue weighted by atomic mass is 16.6. The number of allylic oxidation sites excluding steroid dienone is 1. The molecule has 1 atom stereocenters. The van der Waals surface area contributed by atoms with E-state index in [-0.39, 0.29) is 12.1 Å². The molecule has 3 heteroatoms. The highest BCUT2D eigenvalue weighted by Gasteiger charge is 2.28. The van der Waals surface area contributed by atoms with Gasteiger partial charge in [0.05, 0.1) is 6.04 Å². The summed E-state index contributed by atoms with van der Waals surface area (Å²) in [4.78, 5) is 14.1. The van der Waals surface area contributed by atoms with Gasteiger partial charge < -0.3 is 9.64 Å². The number of unbranched alkanes of at least 4 members (excludes halogenated alkanes) is 2. The molecule has 1 saturated heterocycles. The third-order valence-electron chi connectivity index (χ3n) is 3.26. The van der Waals surface area contributed by atoms with Crippen molar-refractivity contribution >= 4 is 6.09 Å². The third kappa shape index (κ3) is 6.13. The first-order chi connectivity index (χ1) is 8.94. The van der Waals surface area contributed by atoms with Crippen molar-refractivity contribution in [3.8, 4) is 0 Å². The van der Waals surface area contributed by atoms with E-state index in [9.17, 15) is 4.79 Å². The molecular weight excluding hydrogens is 238 g/mol. The topological polar surface area (TPSA) is 29.5 Å². The van der Waals surface area contributed by atoms with Gasteiger partial charge in [0.2, 0.25) is 0 Å². The maximum Gasteiger partial charge on any atom is 0.410 e. The van der Waals surface area contributed by atoms with Gasteiger partial charge in [-0.25, -0.2) is 4.79 Å². The Morgan fingerprint density at radius 3 is 2.74 bits per heavy atom. The lowest BCUT2D eigenvalue weighted by Gasteiger charge is -2.35. The molecule has 0 aromatic heterocycles. The molecule has 0 aromatic rings. The molecule has 1 aliphatic heterocycles. The van der Waals surface area contributed by atoms with E-state index in [1.807, 2.05) is 25.7 Å². The van der Waals surface area contributed by atoms with Crippen LogP contribution in [0, 0.1) is 0 Å². The number of rotatable bonds is 4. The van der Waals surface area contributed by atoms with Gasteiger partial charge in [-0.3, -0.25) is 0 Å². The molecule has 0 aromatic carbocycles. The van der Waals surface area contributed by atoms with Crippen LogP contribution in [0.3, 0.4) is 0 Å². The molecule has 19 heavy (non-hydrogen) atoms. The summed E-state index contributed by atoms with van der Waals surface area (Å²) in [6, 6.07) is 0.223. The van der Waals surface area contributed by atoms with Gasteiger partial charge in [0.15, 0.2) is 0 Å². The van der Waals surface area contributed by atoms with E-state index >= 15 is 0 Å². The second-order valence-electron chi connectivity index (χ2n) is 6.31. The molecule has 1 rings (SSSR count). The molecule has 0 N–H and O–H groups in total. The molecule has 0 spiro atoms. The van der Waals surface area contributed by atoms with Crippen LogP contribution in [0.2, 0.25) is 0 Å². The number of likely N-dealkylation sites (tertiary alicyclic amines) is 1. The molecule has 0 aliphatic carbocycles. The molecule has 0 bridgehead atoms. The maximum absolute atomic E-state index is 12.2. The number of ether oxygens (including phenoxy) is 1. The predicted molar refractivity (Wildman–Crippen MR) is 79.2 cm³/mol. The standard InChI is InChI=1S/C16H29NO2/c1-5-6-7-8-11-14-12-9-10-13-17(14)15(18)19-16(2,3)4/h8,11,14H,5-7,9-10,12-13H2,1-4H3/b11-8+. The Bertz CT molecular complexity index is 304. The smallest absolute Gasteiger partial charge is 0.410 e. The zero-order chi connectivity index (χ0) is 14.3. The summed E-state index contributed by atoms with van der Waals surface area (Å²) in [5.41, 5.74) is -0.412. The van der Waals surface area contributed by atoms with Crippen molar-refractivity contribution in [2.24, 2.45) is 0 Å². The lowest BCUT2D eigenvalue weighted by atomic mass is 10.0. The van der Waals surface area contributed by atoms with E-state index in [2.05, 4.69) is 19.1 Å². The molecule has 1 heterocycles. The summed E-state index contributed by atoms with van der Waals surface area (Å²) in [5, 5.41) is 0. The van der Waals surface area contributed by atoms with Crippen LogP contribution in [0.25, 0.3) is 0 Å². The van der Waals surface area contributed by atoms with Gasteiger partial charge in [0.1, 0.15) is 5.60 Å². The number of amides is 1. The van der Waals surface area contributed by atoms with Gasteiger partial charge in [-0.05, 0) is 46.5 Å². The van der Waals surface area contributed by atoms with Crippen molar-refractivity contribution in [1.29, 1.82) is 0 Å².